The van der Waals surface area contributed by atoms with Crippen molar-refractivity contribution in [3.05, 3.63) is 24.0 Å². The molecule has 2 aromatic heterocycles. The summed E-state index contributed by atoms with van der Waals surface area (Å²) in [6.07, 6.45) is 7.72. The van der Waals surface area contributed by atoms with Gasteiger partial charge in [-0.25, -0.2) is 9.97 Å². The summed E-state index contributed by atoms with van der Waals surface area (Å²) >= 11 is 0. The van der Waals surface area contributed by atoms with Crippen molar-refractivity contribution in [2.45, 2.75) is 51.0 Å². The maximum Gasteiger partial charge on any atom is 0.231 e. The van der Waals surface area contributed by atoms with E-state index in [-0.39, 0.29) is 0 Å². The molecule has 0 spiro atoms. The van der Waals surface area contributed by atoms with Crippen molar-refractivity contribution in [1.29, 1.82) is 0 Å². The number of hydrogen-bond donors (Lipinski definition) is 1. The molecule has 2 unspecified atom stereocenters. The number of hydrogen-bond acceptors (Lipinski definition) is 6. The van der Waals surface area contributed by atoms with Gasteiger partial charge in [-0.1, -0.05) is 24.4 Å². The molecule has 2 heterocycles. The molecular weight excluding hydrogens is 266 g/mol. The molecule has 1 fully saturated rings. The van der Waals surface area contributed by atoms with Crippen molar-refractivity contribution in [1.82, 2.24) is 25.4 Å². The van der Waals surface area contributed by atoms with Crippen LogP contribution in [-0.4, -0.2) is 33.2 Å². The van der Waals surface area contributed by atoms with Crippen molar-refractivity contribution in [2.75, 3.05) is 7.05 Å². The molecule has 0 amide bonds. The summed E-state index contributed by atoms with van der Waals surface area (Å²) in [7, 11) is 2.01. The Balaban J connectivity index is 1.86. The summed E-state index contributed by atoms with van der Waals surface area (Å²) in [5.41, 5.74) is 0.715. The Morgan fingerprint density at radius 3 is 2.86 bits per heavy atom. The first-order valence-corrected chi connectivity index (χ1v) is 7.59. The molecule has 0 radical (unpaired) electrons. The molecule has 21 heavy (non-hydrogen) atoms. The smallest absolute Gasteiger partial charge is 0.231 e. The van der Waals surface area contributed by atoms with Gasteiger partial charge >= 0.3 is 0 Å². The third kappa shape index (κ3) is 3.10. The molecule has 0 bridgehead atoms. The normalized spacial score (nSPS) is 23.0. The van der Waals surface area contributed by atoms with Gasteiger partial charge in [-0.3, -0.25) is 0 Å². The lowest BCUT2D eigenvalue weighted by Crippen LogP contribution is -2.31. The van der Waals surface area contributed by atoms with Gasteiger partial charge < -0.3 is 9.84 Å². The number of nitrogens with zero attached hydrogens (tertiary/aromatic N) is 4. The second kappa shape index (κ2) is 6.30. The van der Waals surface area contributed by atoms with E-state index < -0.39 is 0 Å². The molecular formula is C15H21N5O. The fraction of sp³-hybridized carbons (Fsp3) is 0.600. The Morgan fingerprint density at radius 2 is 2.05 bits per heavy atom. The highest BCUT2D eigenvalue weighted by molar-refractivity contribution is 5.47. The average molecular weight is 287 g/mol. The second-order valence-electron chi connectivity index (χ2n) is 5.58. The van der Waals surface area contributed by atoms with Gasteiger partial charge in [0.2, 0.25) is 11.7 Å². The first-order chi connectivity index (χ1) is 10.3. The van der Waals surface area contributed by atoms with E-state index >= 15 is 0 Å². The molecule has 2 atom stereocenters. The number of aryl methyl sites for hydroxylation is 1. The SMILES string of the molecule is CNC1CCCCCC1c1nc(-c2ccnc(C)n2)no1. The summed E-state index contributed by atoms with van der Waals surface area (Å²) in [6, 6.07) is 2.22. The number of rotatable bonds is 3. The summed E-state index contributed by atoms with van der Waals surface area (Å²) in [6.45, 7) is 1.85. The molecule has 6 nitrogen and oxygen atoms in total. The molecule has 0 aliphatic heterocycles. The monoisotopic (exact) mass is 287 g/mol. The van der Waals surface area contributed by atoms with Crippen LogP contribution in [0.5, 0.6) is 0 Å². The van der Waals surface area contributed by atoms with Gasteiger partial charge in [0.05, 0.1) is 5.92 Å². The Labute approximate surface area is 124 Å². The highest BCUT2D eigenvalue weighted by Gasteiger charge is 2.29. The van der Waals surface area contributed by atoms with Crippen LogP contribution in [0.2, 0.25) is 0 Å². The number of nitrogens with one attached hydrogen (secondary N) is 1. The van der Waals surface area contributed by atoms with E-state index in [1.54, 1.807) is 6.20 Å². The van der Waals surface area contributed by atoms with E-state index in [0.29, 0.717) is 29.3 Å². The van der Waals surface area contributed by atoms with Gasteiger partial charge in [0.25, 0.3) is 0 Å². The van der Waals surface area contributed by atoms with E-state index in [1.165, 1.54) is 19.3 Å². The van der Waals surface area contributed by atoms with Crippen LogP contribution in [0.15, 0.2) is 16.8 Å². The lowest BCUT2D eigenvalue weighted by molar-refractivity contribution is 0.311. The minimum atomic E-state index is 0.293. The standard InChI is InChI=1S/C15H21N5O/c1-10-17-9-8-13(18-10)14-19-15(21-20-14)11-6-4-3-5-7-12(11)16-2/h8-9,11-12,16H,3-7H2,1-2H3. The van der Waals surface area contributed by atoms with Gasteiger partial charge in [-0.15, -0.1) is 0 Å². The predicted molar refractivity (Wildman–Crippen MR) is 78.7 cm³/mol. The minimum absolute atomic E-state index is 0.293. The highest BCUT2D eigenvalue weighted by atomic mass is 16.5. The quantitative estimate of drug-likeness (QED) is 0.874. The molecule has 1 aliphatic rings. The minimum Gasteiger partial charge on any atom is -0.339 e. The van der Waals surface area contributed by atoms with Crippen LogP contribution in [0, 0.1) is 6.92 Å². The van der Waals surface area contributed by atoms with Gasteiger partial charge in [0.1, 0.15) is 11.5 Å². The number of aromatic nitrogens is 4. The first-order valence-electron chi connectivity index (χ1n) is 7.59. The van der Waals surface area contributed by atoms with Crippen LogP contribution in [0.1, 0.15) is 49.7 Å². The Hall–Kier alpha value is -1.82. The average Bonchev–Trinajstić information content (AvgIpc) is 2.86. The summed E-state index contributed by atoms with van der Waals surface area (Å²) in [5, 5.41) is 7.50. The maximum atomic E-state index is 5.52. The molecule has 2 aromatic rings. The zero-order valence-electron chi connectivity index (χ0n) is 12.5. The Kier molecular flexibility index (Phi) is 4.24. The molecule has 1 aliphatic carbocycles. The predicted octanol–water partition coefficient (Wildman–Crippen LogP) is 2.47. The van der Waals surface area contributed by atoms with Gasteiger partial charge in [0, 0.05) is 12.2 Å². The van der Waals surface area contributed by atoms with Crippen LogP contribution in [-0.2, 0) is 0 Å². The highest BCUT2D eigenvalue weighted by Crippen LogP contribution is 2.31. The molecule has 3 rings (SSSR count). The fourth-order valence-electron chi connectivity index (χ4n) is 3.02. The zero-order chi connectivity index (χ0) is 14.7. The van der Waals surface area contributed by atoms with E-state index in [1.807, 2.05) is 20.0 Å². The van der Waals surface area contributed by atoms with Crippen molar-refractivity contribution in [2.24, 2.45) is 0 Å². The summed E-state index contributed by atoms with van der Waals surface area (Å²) < 4.78 is 5.52. The third-order valence-electron chi connectivity index (χ3n) is 4.15. The first kappa shape index (κ1) is 14.1. The molecule has 0 saturated heterocycles. The zero-order valence-corrected chi connectivity index (χ0v) is 12.5. The molecule has 112 valence electrons. The molecule has 1 N–H and O–H groups in total. The third-order valence-corrected chi connectivity index (χ3v) is 4.15. The number of likely N-dealkylation sites (N-methyl/N-ethyl adjacent to an activating group) is 1. The van der Waals surface area contributed by atoms with E-state index in [4.69, 9.17) is 4.52 Å². The van der Waals surface area contributed by atoms with Gasteiger partial charge in [0.15, 0.2) is 0 Å². The largest absolute Gasteiger partial charge is 0.339 e. The lowest BCUT2D eigenvalue weighted by atomic mass is 9.95. The Bertz CT molecular complexity index is 597. The van der Waals surface area contributed by atoms with Gasteiger partial charge in [-0.05, 0) is 32.9 Å². The lowest BCUT2D eigenvalue weighted by Gasteiger charge is -2.20. The van der Waals surface area contributed by atoms with Crippen molar-refractivity contribution >= 4 is 0 Å². The van der Waals surface area contributed by atoms with E-state index in [9.17, 15) is 0 Å². The Morgan fingerprint density at radius 1 is 1.19 bits per heavy atom. The van der Waals surface area contributed by atoms with Crippen LogP contribution < -0.4 is 5.32 Å². The van der Waals surface area contributed by atoms with Crippen LogP contribution in [0.4, 0.5) is 0 Å². The molecule has 1 saturated carbocycles. The summed E-state index contributed by atoms with van der Waals surface area (Å²) in [5.74, 6) is 2.28. The van der Waals surface area contributed by atoms with Crippen molar-refractivity contribution < 1.29 is 4.52 Å². The molecule has 0 aromatic carbocycles. The maximum absolute atomic E-state index is 5.52. The van der Waals surface area contributed by atoms with E-state index in [2.05, 4.69) is 25.4 Å². The van der Waals surface area contributed by atoms with Crippen molar-refractivity contribution in [3.63, 3.8) is 0 Å². The van der Waals surface area contributed by atoms with Gasteiger partial charge in [-0.2, -0.15) is 4.98 Å². The van der Waals surface area contributed by atoms with Crippen molar-refractivity contribution in [3.8, 4) is 11.5 Å². The summed E-state index contributed by atoms with van der Waals surface area (Å²) in [4.78, 5) is 13.0. The van der Waals surface area contributed by atoms with E-state index in [0.717, 1.165) is 18.7 Å². The van der Waals surface area contributed by atoms with Crippen LogP contribution in [0.3, 0.4) is 0 Å². The second-order valence-corrected chi connectivity index (χ2v) is 5.58. The van der Waals surface area contributed by atoms with Crippen LogP contribution in [0.25, 0.3) is 11.5 Å². The van der Waals surface area contributed by atoms with Crippen LogP contribution >= 0.6 is 0 Å². The topological polar surface area (TPSA) is 76.7 Å². The fourth-order valence-corrected chi connectivity index (χ4v) is 3.02. The molecule has 6 heteroatoms.